The number of hydrogen-bond donors (Lipinski definition) is 0. The van der Waals surface area contributed by atoms with Crippen LogP contribution in [0.2, 0.25) is 0 Å². The minimum Gasteiger partial charge on any atom is -0.484 e. The molecule has 128 valence electrons. The molecule has 1 aromatic carbocycles. The predicted octanol–water partition coefficient (Wildman–Crippen LogP) is 2.82. The zero-order valence-electron chi connectivity index (χ0n) is 14.3. The van der Waals surface area contributed by atoms with Crippen LogP contribution in [0.5, 0.6) is 5.75 Å². The topological polar surface area (TPSA) is 55.8 Å². The van der Waals surface area contributed by atoms with Crippen molar-refractivity contribution >= 4 is 11.9 Å². The molecule has 0 aliphatic rings. The molecule has 0 saturated carbocycles. The van der Waals surface area contributed by atoms with Crippen LogP contribution in [-0.2, 0) is 20.7 Å². The van der Waals surface area contributed by atoms with E-state index >= 15 is 0 Å². The molecular weight excluding hydrogens is 294 g/mol. The van der Waals surface area contributed by atoms with Crippen LogP contribution in [0.3, 0.4) is 0 Å². The monoisotopic (exact) mass is 321 g/mol. The van der Waals surface area contributed by atoms with Crippen LogP contribution in [0.15, 0.2) is 24.3 Å². The van der Waals surface area contributed by atoms with Gasteiger partial charge in [-0.3, -0.25) is 9.59 Å². The van der Waals surface area contributed by atoms with Crippen molar-refractivity contribution in [3.05, 3.63) is 29.8 Å². The summed E-state index contributed by atoms with van der Waals surface area (Å²) in [5.41, 5.74) is 1.23. The molecular formula is C18H27NO4. The molecule has 5 nitrogen and oxygen atoms in total. The molecule has 0 heterocycles. The second-order valence-electron chi connectivity index (χ2n) is 5.22. The SMILES string of the molecule is CCCN(CCC(=O)OCC)C(=O)COc1ccc(CC)cc1. The third kappa shape index (κ3) is 7.17. The molecule has 0 fully saturated rings. The first-order valence-corrected chi connectivity index (χ1v) is 8.25. The van der Waals surface area contributed by atoms with Gasteiger partial charge in [-0.05, 0) is 37.5 Å². The maximum absolute atomic E-state index is 12.2. The number of carbonyl (C=O) groups is 2. The largest absolute Gasteiger partial charge is 0.484 e. The Balaban J connectivity index is 2.47. The third-order valence-electron chi connectivity index (χ3n) is 3.43. The Morgan fingerprint density at radius 2 is 1.74 bits per heavy atom. The van der Waals surface area contributed by atoms with E-state index in [0.717, 1.165) is 12.8 Å². The average molecular weight is 321 g/mol. The average Bonchev–Trinajstić information content (AvgIpc) is 2.57. The van der Waals surface area contributed by atoms with E-state index in [-0.39, 0.29) is 24.9 Å². The Morgan fingerprint density at radius 3 is 2.30 bits per heavy atom. The quantitative estimate of drug-likeness (QED) is 0.622. The van der Waals surface area contributed by atoms with Crippen LogP contribution in [0.1, 0.15) is 39.2 Å². The summed E-state index contributed by atoms with van der Waals surface area (Å²) in [6.07, 6.45) is 2.02. The van der Waals surface area contributed by atoms with Gasteiger partial charge in [0.05, 0.1) is 13.0 Å². The zero-order chi connectivity index (χ0) is 17.1. The van der Waals surface area contributed by atoms with Gasteiger partial charge in [-0.1, -0.05) is 26.0 Å². The lowest BCUT2D eigenvalue weighted by Crippen LogP contribution is -2.37. The first kappa shape index (κ1) is 19.0. The van der Waals surface area contributed by atoms with Gasteiger partial charge in [0.15, 0.2) is 6.61 Å². The molecule has 23 heavy (non-hydrogen) atoms. The highest BCUT2D eigenvalue weighted by Crippen LogP contribution is 2.12. The molecule has 0 unspecified atom stereocenters. The molecule has 1 amide bonds. The molecule has 0 spiro atoms. The van der Waals surface area contributed by atoms with E-state index in [1.54, 1.807) is 11.8 Å². The lowest BCUT2D eigenvalue weighted by molar-refractivity contribution is -0.144. The second kappa shape index (κ2) is 10.6. The fourth-order valence-corrected chi connectivity index (χ4v) is 2.15. The summed E-state index contributed by atoms with van der Waals surface area (Å²) in [4.78, 5) is 25.3. The van der Waals surface area contributed by atoms with E-state index in [1.807, 2.05) is 31.2 Å². The first-order chi connectivity index (χ1) is 11.1. The fraction of sp³-hybridized carbons (Fsp3) is 0.556. The van der Waals surface area contributed by atoms with E-state index in [4.69, 9.17) is 9.47 Å². The summed E-state index contributed by atoms with van der Waals surface area (Å²) in [5.74, 6) is 0.283. The van der Waals surface area contributed by atoms with Gasteiger partial charge in [-0.15, -0.1) is 0 Å². The van der Waals surface area contributed by atoms with Gasteiger partial charge < -0.3 is 14.4 Å². The molecule has 0 aliphatic carbocycles. The van der Waals surface area contributed by atoms with Gasteiger partial charge in [-0.2, -0.15) is 0 Å². The van der Waals surface area contributed by atoms with Crippen LogP contribution in [0, 0.1) is 0 Å². The molecule has 0 saturated heterocycles. The molecule has 0 atom stereocenters. The number of carbonyl (C=O) groups excluding carboxylic acids is 2. The number of esters is 1. The first-order valence-electron chi connectivity index (χ1n) is 8.25. The number of amides is 1. The number of benzene rings is 1. The normalized spacial score (nSPS) is 10.2. The molecule has 0 bridgehead atoms. The van der Waals surface area contributed by atoms with E-state index in [9.17, 15) is 9.59 Å². The van der Waals surface area contributed by atoms with Crippen molar-refractivity contribution in [2.45, 2.75) is 40.0 Å². The van der Waals surface area contributed by atoms with Crippen LogP contribution >= 0.6 is 0 Å². The van der Waals surface area contributed by atoms with E-state index in [0.29, 0.717) is 25.4 Å². The Hall–Kier alpha value is -2.04. The lowest BCUT2D eigenvalue weighted by Gasteiger charge is -2.21. The van der Waals surface area contributed by atoms with Gasteiger partial charge >= 0.3 is 5.97 Å². The van der Waals surface area contributed by atoms with Crippen molar-refractivity contribution < 1.29 is 19.1 Å². The molecule has 5 heteroatoms. The maximum Gasteiger partial charge on any atom is 0.307 e. The molecule has 0 N–H and O–H groups in total. The van der Waals surface area contributed by atoms with Gasteiger partial charge in [0.25, 0.3) is 5.91 Å². The molecule has 0 aromatic heterocycles. The van der Waals surface area contributed by atoms with Gasteiger partial charge in [0.2, 0.25) is 0 Å². The third-order valence-corrected chi connectivity index (χ3v) is 3.43. The summed E-state index contributed by atoms with van der Waals surface area (Å²) in [6.45, 7) is 7.16. The smallest absolute Gasteiger partial charge is 0.307 e. The summed E-state index contributed by atoms with van der Waals surface area (Å²) in [5, 5.41) is 0. The second-order valence-corrected chi connectivity index (χ2v) is 5.22. The Bertz CT molecular complexity index is 484. The maximum atomic E-state index is 12.2. The van der Waals surface area contributed by atoms with Crippen LogP contribution in [-0.4, -0.2) is 43.1 Å². The zero-order valence-corrected chi connectivity index (χ0v) is 14.3. The summed E-state index contributed by atoms with van der Waals surface area (Å²) < 4.78 is 10.4. The molecule has 0 radical (unpaired) electrons. The van der Waals surface area contributed by atoms with Crippen molar-refractivity contribution in [2.24, 2.45) is 0 Å². The van der Waals surface area contributed by atoms with Crippen molar-refractivity contribution in [3.8, 4) is 5.75 Å². The Morgan fingerprint density at radius 1 is 1.04 bits per heavy atom. The number of hydrogen-bond acceptors (Lipinski definition) is 4. The van der Waals surface area contributed by atoms with Gasteiger partial charge in [-0.25, -0.2) is 0 Å². The van der Waals surface area contributed by atoms with Gasteiger partial charge in [0, 0.05) is 13.1 Å². The van der Waals surface area contributed by atoms with Gasteiger partial charge in [0.1, 0.15) is 5.75 Å². The van der Waals surface area contributed by atoms with Crippen LogP contribution in [0.4, 0.5) is 0 Å². The summed E-state index contributed by atoms with van der Waals surface area (Å²) in [6, 6.07) is 7.72. The van der Waals surface area contributed by atoms with Crippen LogP contribution < -0.4 is 4.74 Å². The summed E-state index contributed by atoms with van der Waals surface area (Å²) in [7, 11) is 0. The number of rotatable bonds is 10. The number of nitrogens with zero attached hydrogens (tertiary/aromatic N) is 1. The highest BCUT2D eigenvalue weighted by Gasteiger charge is 2.15. The minimum atomic E-state index is -0.280. The van der Waals surface area contributed by atoms with Crippen molar-refractivity contribution in [2.75, 3.05) is 26.3 Å². The Kier molecular flexibility index (Phi) is 8.80. The van der Waals surface area contributed by atoms with Crippen molar-refractivity contribution in [1.29, 1.82) is 0 Å². The molecule has 1 rings (SSSR count). The summed E-state index contributed by atoms with van der Waals surface area (Å²) >= 11 is 0. The number of ether oxygens (including phenoxy) is 2. The van der Waals surface area contributed by atoms with Crippen LogP contribution in [0.25, 0.3) is 0 Å². The van der Waals surface area contributed by atoms with E-state index in [1.165, 1.54) is 5.56 Å². The van der Waals surface area contributed by atoms with E-state index in [2.05, 4.69) is 6.92 Å². The highest BCUT2D eigenvalue weighted by atomic mass is 16.5. The lowest BCUT2D eigenvalue weighted by atomic mass is 10.2. The standard InChI is InChI=1S/C18H27NO4/c1-4-12-19(13-11-18(21)22-6-3)17(20)14-23-16-9-7-15(5-2)8-10-16/h7-10H,4-6,11-14H2,1-3H3. The predicted molar refractivity (Wildman–Crippen MR) is 89.4 cm³/mol. The molecule has 0 aliphatic heterocycles. The van der Waals surface area contributed by atoms with Crippen molar-refractivity contribution in [3.63, 3.8) is 0 Å². The highest BCUT2D eigenvalue weighted by molar-refractivity contribution is 5.78. The minimum absolute atomic E-state index is 0.0195. The van der Waals surface area contributed by atoms with Crippen molar-refractivity contribution in [1.82, 2.24) is 4.90 Å². The number of aryl methyl sites for hydroxylation is 1. The Labute approximate surface area is 138 Å². The fourth-order valence-electron chi connectivity index (χ4n) is 2.15. The van der Waals surface area contributed by atoms with E-state index < -0.39 is 0 Å². The molecule has 1 aromatic rings.